The van der Waals surface area contributed by atoms with Crippen molar-refractivity contribution in [2.75, 3.05) is 0 Å². The summed E-state index contributed by atoms with van der Waals surface area (Å²) in [7, 11) is 0. The lowest BCUT2D eigenvalue weighted by atomic mass is 10.1. The summed E-state index contributed by atoms with van der Waals surface area (Å²) in [6, 6.07) is 0. The summed E-state index contributed by atoms with van der Waals surface area (Å²) in [5.41, 5.74) is 6.18. The average Bonchev–Trinajstić information content (AvgIpc) is 2.43. The maximum Gasteiger partial charge on any atom is 0.0339 e. The molecule has 0 radical (unpaired) electrons. The SMILES string of the molecule is CC1=C(C)c2sc(C)c(C)c2C1. The molecule has 2 rings (SSSR count). The fraction of sp³-hybridized carbons (Fsp3) is 0.455. The van der Waals surface area contributed by atoms with Crippen LogP contribution in [-0.4, -0.2) is 0 Å². The summed E-state index contributed by atoms with van der Waals surface area (Å²) >= 11 is 1.96. The molecule has 0 N–H and O–H groups in total. The van der Waals surface area contributed by atoms with Crippen LogP contribution in [0.4, 0.5) is 0 Å². The Labute approximate surface area is 77.9 Å². The Morgan fingerprint density at radius 2 is 1.75 bits per heavy atom. The van der Waals surface area contributed by atoms with Crippen LogP contribution < -0.4 is 0 Å². The average molecular weight is 178 g/mol. The van der Waals surface area contributed by atoms with Crippen LogP contribution in [0.25, 0.3) is 5.57 Å². The third-order valence-corrected chi connectivity index (χ3v) is 4.30. The molecule has 0 nitrogen and oxygen atoms in total. The van der Waals surface area contributed by atoms with E-state index in [0.29, 0.717) is 0 Å². The quantitative estimate of drug-likeness (QED) is 0.568. The Morgan fingerprint density at radius 3 is 2.33 bits per heavy atom. The van der Waals surface area contributed by atoms with Gasteiger partial charge in [-0.15, -0.1) is 11.3 Å². The molecule has 0 aromatic carbocycles. The number of aryl methyl sites for hydroxylation is 1. The van der Waals surface area contributed by atoms with Crippen molar-refractivity contribution in [3.8, 4) is 0 Å². The molecule has 1 heterocycles. The summed E-state index contributed by atoms with van der Waals surface area (Å²) in [6.45, 7) is 8.96. The second-order valence-electron chi connectivity index (χ2n) is 3.67. The number of thiophene rings is 1. The van der Waals surface area contributed by atoms with Crippen molar-refractivity contribution in [2.45, 2.75) is 34.1 Å². The minimum absolute atomic E-state index is 1.19. The van der Waals surface area contributed by atoms with Gasteiger partial charge >= 0.3 is 0 Å². The number of hydrogen-bond donors (Lipinski definition) is 0. The van der Waals surface area contributed by atoms with Crippen molar-refractivity contribution in [1.29, 1.82) is 0 Å². The van der Waals surface area contributed by atoms with E-state index in [-0.39, 0.29) is 0 Å². The van der Waals surface area contributed by atoms with Crippen LogP contribution >= 0.6 is 11.3 Å². The number of allylic oxidation sites excluding steroid dienone is 2. The topological polar surface area (TPSA) is 0 Å². The molecule has 0 aliphatic heterocycles. The van der Waals surface area contributed by atoms with Gasteiger partial charge in [-0.05, 0) is 50.8 Å². The standard InChI is InChI=1S/C11H14S/c1-6-5-10-8(3)9(4)12-11(10)7(6)2/h5H2,1-4H3. The Kier molecular flexibility index (Phi) is 1.65. The lowest BCUT2D eigenvalue weighted by Crippen LogP contribution is -1.82. The Bertz CT molecular complexity index is 367. The third-order valence-electron chi connectivity index (χ3n) is 2.93. The molecule has 0 spiro atoms. The normalized spacial score (nSPS) is 15.7. The summed E-state index contributed by atoms with van der Waals surface area (Å²) in [6.07, 6.45) is 1.19. The van der Waals surface area contributed by atoms with Crippen molar-refractivity contribution >= 4 is 16.9 Å². The van der Waals surface area contributed by atoms with Gasteiger partial charge in [-0.1, -0.05) is 5.57 Å². The molecule has 1 aliphatic rings. The molecule has 0 saturated heterocycles. The lowest BCUT2D eigenvalue weighted by molar-refractivity contribution is 1.16. The molecule has 1 aromatic heterocycles. The zero-order chi connectivity index (χ0) is 8.88. The highest BCUT2D eigenvalue weighted by Crippen LogP contribution is 2.40. The smallest absolute Gasteiger partial charge is 0.0339 e. The van der Waals surface area contributed by atoms with Gasteiger partial charge < -0.3 is 0 Å². The first-order valence-corrected chi connectivity index (χ1v) is 5.18. The van der Waals surface area contributed by atoms with Crippen molar-refractivity contribution < 1.29 is 0 Å². The van der Waals surface area contributed by atoms with E-state index >= 15 is 0 Å². The maximum atomic E-state index is 2.25. The molecule has 0 atom stereocenters. The molecule has 0 bridgehead atoms. The van der Waals surface area contributed by atoms with Gasteiger partial charge in [0.05, 0.1) is 0 Å². The highest BCUT2D eigenvalue weighted by molar-refractivity contribution is 7.13. The largest absolute Gasteiger partial charge is 0.140 e. The van der Waals surface area contributed by atoms with Gasteiger partial charge in [0.1, 0.15) is 0 Å². The van der Waals surface area contributed by atoms with E-state index in [9.17, 15) is 0 Å². The van der Waals surface area contributed by atoms with E-state index in [2.05, 4.69) is 27.7 Å². The molecule has 1 aliphatic carbocycles. The van der Waals surface area contributed by atoms with Gasteiger partial charge in [-0.25, -0.2) is 0 Å². The predicted molar refractivity (Wildman–Crippen MR) is 55.8 cm³/mol. The Hall–Kier alpha value is -0.560. The fourth-order valence-electron chi connectivity index (χ4n) is 1.78. The monoisotopic (exact) mass is 178 g/mol. The van der Waals surface area contributed by atoms with Crippen LogP contribution in [0, 0.1) is 13.8 Å². The summed E-state index contributed by atoms with van der Waals surface area (Å²) in [4.78, 5) is 3.04. The van der Waals surface area contributed by atoms with Gasteiger partial charge in [0.2, 0.25) is 0 Å². The van der Waals surface area contributed by atoms with Crippen LogP contribution in [0.5, 0.6) is 0 Å². The van der Waals surface area contributed by atoms with Crippen LogP contribution in [0.2, 0.25) is 0 Å². The molecular weight excluding hydrogens is 164 g/mol. The van der Waals surface area contributed by atoms with Crippen molar-refractivity contribution in [3.63, 3.8) is 0 Å². The van der Waals surface area contributed by atoms with Crippen LogP contribution in [-0.2, 0) is 6.42 Å². The summed E-state index contributed by atoms with van der Waals surface area (Å²) in [5, 5.41) is 0. The molecule has 0 amide bonds. The van der Waals surface area contributed by atoms with Crippen molar-refractivity contribution in [3.05, 3.63) is 26.5 Å². The molecule has 0 saturated carbocycles. The van der Waals surface area contributed by atoms with Crippen LogP contribution in [0.3, 0.4) is 0 Å². The molecule has 0 unspecified atom stereocenters. The van der Waals surface area contributed by atoms with E-state index < -0.39 is 0 Å². The first-order valence-electron chi connectivity index (χ1n) is 4.37. The van der Waals surface area contributed by atoms with Gasteiger partial charge in [-0.2, -0.15) is 0 Å². The highest BCUT2D eigenvalue weighted by Gasteiger charge is 2.20. The van der Waals surface area contributed by atoms with Gasteiger partial charge in [0.15, 0.2) is 0 Å². The Balaban J connectivity index is 2.64. The van der Waals surface area contributed by atoms with Crippen LogP contribution in [0.1, 0.15) is 34.7 Å². The van der Waals surface area contributed by atoms with E-state index in [4.69, 9.17) is 0 Å². The molecule has 1 aromatic rings. The third kappa shape index (κ3) is 0.893. The maximum absolute atomic E-state index is 2.25. The zero-order valence-electron chi connectivity index (χ0n) is 8.12. The lowest BCUT2D eigenvalue weighted by Gasteiger charge is -1.95. The molecule has 1 heteroatoms. The van der Waals surface area contributed by atoms with E-state index in [0.717, 1.165) is 0 Å². The molecule has 0 fully saturated rings. The second-order valence-corrected chi connectivity index (χ2v) is 4.90. The first kappa shape index (κ1) is 8.06. The Morgan fingerprint density at radius 1 is 1.08 bits per heavy atom. The van der Waals surface area contributed by atoms with E-state index in [1.54, 1.807) is 16.0 Å². The minimum atomic E-state index is 1.19. The highest BCUT2D eigenvalue weighted by atomic mass is 32.1. The number of hydrogen-bond acceptors (Lipinski definition) is 1. The fourth-order valence-corrected chi connectivity index (χ4v) is 3.04. The predicted octanol–water partition coefficient (Wildman–Crippen LogP) is 3.71. The zero-order valence-corrected chi connectivity index (χ0v) is 8.93. The molecular formula is C11H14S. The van der Waals surface area contributed by atoms with Crippen molar-refractivity contribution in [1.82, 2.24) is 0 Å². The summed E-state index contributed by atoms with van der Waals surface area (Å²) in [5.74, 6) is 0. The molecule has 12 heavy (non-hydrogen) atoms. The minimum Gasteiger partial charge on any atom is -0.140 e. The van der Waals surface area contributed by atoms with Crippen molar-refractivity contribution in [2.24, 2.45) is 0 Å². The first-order chi connectivity index (χ1) is 5.61. The summed E-state index contributed by atoms with van der Waals surface area (Å²) < 4.78 is 0. The molecule has 64 valence electrons. The van der Waals surface area contributed by atoms with Gasteiger partial charge in [0.25, 0.3) is 0 Å². The van der Waals surface area contributed by atoms with Gasteiger partial charge in [-0.3, -0.25) is 0 Å². The van der Waals surface area contributed by atoms with E-state index in [1.807, 2.05) is 11.3 Å². The number of rotatable bonds is 0. The van der Waals surface area contributed by atoms with Gasteiger partial charge in [0, 0.05) is 9.75 Å². The number of fused-ring (bicyclic) bond motifs is 1. The second kappa shape index (κ2) is 2.46. The van der Waals surface area contributed by atoms with Crippen LogP contribution in [0.15, 0.2) is 5.57 Å². The van der Waals surface area contributed by atoms with E-state index in [1.165, 1.54) is 22.4 Å².